The predicted octanol–water partition coefficient (Wildman–Crippen LogP) is 5.17. The molecule has 0 aliphatic carbocycles. The third kappa shape index (κ3) is 6.40. The summed E-state index contributed by atoms with van der Waals surface area (Å²) in [4.78, 5) is 14.9. The van der Waals surface area contributed by atoms with Crippen LogP contribution in [0.15, 0.2) is 48.3 Å². The number of ether oxygens (including phenoxy) is 3. The summed E-state index contributed by atoms with van der Waals surface area (Å²) < 4.78 is 19.1. The molecule has 0 saturated carbocycles. The van der Waals surface area contributed by atoms with Gasteiger partial charge < -0.3 is 24.8 Å². The molecule has 0 atom stereocenters. The third-order valence-electron chi connectivity index (χ3n) is 4.81. The third-order valence-corrected chi connectivity index (χ3v) is 6.51. The number of hydrogen-bond acceptors (Lipinski definition) is 6. The van der Waals surface area contributed by atoms with Gasteiger partial charge in [0, 0.05) is 32.3 Å². The van der Waals surface area contributed by atoms with Crippen LogP contribution in [-0.2, 0) is 14.2 Å². The molecule has 8 heteroatoms. The molecule has 3 rings (SSSR count). The van der Waals surface area contributed by atoms with Crippen molar-refractivity contribution in [2.24, 2.45) is 5.73 Å². The first-order valence-electron chi connectivity index (χ1n) is 10.9. The first-order chi connectivity index (χ1) is 14.9. The molecule has 0 spiro atoms. The molecule has 0 fully saturated rings. The van der Waals surface area contributed by atoms with Crippen LogP contribution in [-0.4, -0.2) is 49.3 Å². The van der Waals surface area contributed by atoms with E-state index in [1.165, 1.54) is 0 Å². The molecule has 2 heterocycles. The van der Waals surface area contributed by atoms with E-state index in [2.05, 4.69) is 19.6 Å². The van der Waals surface area contributed by atoms with E-state index in [4.69, 9.17) is 19.9 Å². The lowest BCUT2D eigenvalue weighted by Gasteiger charge is -2.23. The number of nitrogens with zero attached hydrogens (tertiary/aromatic N) is 2. The first-order valence-corrected chi connectivity index (χ1v) is 14.6. The predicted molar refractivity (Wildman–Crippen MR) is 131 cm³/mol. The molecule has 0 radical (unpaired) electrons. The Morgan fingerprint density at radius 2 is 1.94 bits per heavy atom. The lowest BCUT2D eigenvalue weighted by Crippen LogP contribution is -2.28. The van der Waals surface area contributed by atoms with Crippen molar-refractivity contribution < 1.29 is 19.0 Å². The van der Waals surface area contributed by atoms with E-state index >= 15 is 0 Å². The average Bonchev–Trinajstić information content (AvgIpc) is 2.95. The van der Waals surface area contributed by atoms with Gasteiger partial charge in [-0.25, -0.2) is 9.36 Å². The zero-order valence-electron chi connectivity index (χ0n) is 20.0. The maximum Gasteiger partial charge on any atom is 0.419 e. The number of carbonyl (C=O) groups is 1. The largest absolute Gasteiger partial charge is 0.471 e. The summed E-state index contributed by atoms with van der Waals surface area (Å²) in [6.07, 6.45) is 3.08. The van der Waals surface area contributed by atoms with Crippen molar-refractivity contribution in [3.63, 3.8) is 0 Å². The molecule has 1 aromatic heterocycles. The molecule has 1 aliphatic rings. The Labute approximate surface area is 191 Å². The summed E-state index contributed by atoms with van der Waals surface area (Å²) in [6, 6.07) is 10.7. The number of carbonyl (C=O) groups excluding carboxylic acids is 1. The SMILES string of the molecule is CC(C)(C)OC(=O)n1c(C2=CC(N)=CN(COCC[Si](C)(C)C)CO2)cc2ccccc21. The summed E-state index contributed by atoms with van der Waals surface area (Å²) in [7, 11) is -1.14. The number of hydrogen-bond donors (Lipinski definition) is 1. The van der Waals surface area contributed by atoms with Crippen LogP contribution in [0.2, 0.25) is 25.7 Å². The van der Waals surface area contributed by atoms with Crippen LogP contribution in [0.4, 0.5) is 4.79 Å². The highest BCUT2D eigenvalue weighted by Crippen LogP contribution is 2.29. The smallest absolute Gasteiger partial charge is 0.419 e. The molecular formula is C24H35N3O4Si. The lowest BCUT2D eigenvalue weighted by atomic mass is 10.2. The maximum atomic E-state index is 13.1. The Morgan fingerprint density at radius 1 is 1.22 bits per heavy atom. The van der Waals surface area contributed by atoms with Gasteiger partial charge in [0.15, 0.2) is 6.73 Å². The van der Waals surface area contributed by atoms with E-state index in [0.717, 1.165) is 16.9 Å². The number of fused-ring (bicyclic) bond motifs is 1. The minimum atomic E-state index is -1.14. The van der Waals surface area contributed by atoms with Crippen molar-refractivity contribution in [2.45, 2.75) is 52.1 Å². The Bertz CT molecular complexity index is 1030. The number of rotatable bonds is 6. The van der Waals surface area contributed by atoms with E-state index in [9.17, 15) is 4.79 Å². The zero-order valence-corrected chi connectivity index (χ0v) is 21.0. The van der Waals surface area contributed by atoms with Crippen molar-refractivity contribution in [1.29, 1.82) is 0 Å². The number of allylic oxidation sites excluding steroid dienone is 1. The molecule has 2 N–H and O–H groups in total. The van der Waals surface area contributed by atoms with Gasteiger partial charge in [0.2, 0.25) is 0 Å². The number of nitrogens with two attached hydrogens (primary N) is 1. The van der Waals surface area contributed by atoms with Crippen LogP contribution >= 0.6 is 0 Å². The zero-order chi connectivity index (χ0) is 23.5. The number of aromatic nitrogens is 1. The highest BCUT2D eigenvalue weighted by atomic mass is 28.3. The summed E-state index contributed by atoms with van der Waals surface area (Å²) in [5.74, 6) is 0.505. The fourth-order valence-electron chi connectivity index (χ4n) is 3.25. The van der Waals surface area contributed by atoms with Gasteiger partial charge in [-0.2, -0.15) is 0 Å². The van der Waals surface area contributed by atoms with Gasteiger partial charge in [-0.1, -0.05) is 37.8 Å². The molecule has 0 bridgehead atoms. The van der Waals surface area contributed by atoms with Crippen LogP contribution in [0.1, 0.15) is 26.5 Å². The van der Waals surface area contributed by atoms with Crippen LogP contribution in [0.5, 0.6) is 0 Å². The molecule has 174 valence electrons. The molecule has 2 aromatic rings. The minimum Gasteiger partial charge on any atom is -0.471 e. The van der Waals surface area contributed by atoms with Gasteiger partial charge in [0.05, 0.1) is 16.9 Å². The molecule has 0 amide bonds. The Hall–Kier alpha value is -2.71. The average molecular weight is 458 g/mol. The van der Waals surface area contributed by atoms with Gasteiger partial charge in [0.25, 0.3) is 0 Å². The van der Waals surface area contributed by atoms with E-state index in [0.29, 0.717) is 30.5 Å². The van der Waals surface area contributed by atoms with Crippen molar-refractivity contribution in [1.82, 2.24) is 9.47 Å². The standard InChI is InChI=1S/C24H35N3O4Si/c1-24(2,3)31-23(28)27-20-10-8-7-9-18(20)13-21(27)22-14-19(25)15-26(17-30-22)16-29-11-12-32(4,5)6/h7-10,13-15H,11-12,16-17,25H2,1-6H3. The lowest BCUT2D eigenvalue weighted by molar-refractivity contribution is 0.0181. The Kier molecular flexibility index (Phi) is 7.05. The minimum absolute atomic E-state index is 0.259. The quantitative estimate of drug-likeness (QED) is 0.476. The highest BCUT2D eigenvalue weighted by molar-refractivity contribution is 6.76. The van der Waals surface area contributed by atoms with Crippen molar-refractivity contribution in [2.75, 3.05) is 20.1 Å². The molecule has 1 aliphatic heterocycles. The topological polar surface area (TPSA) is 79.0 Å². The van der Waals surface area contributed by atoms with Crippen molar-refractivity contribution in [3.8, 4) is 0 Å². The molecule has 0 unspecified atom stereocenters. The number of para-hydroxylation sites is 1. The van der Waals surface area contributed by atoms with Crippen molar-refractivity contribution >= 4 is 30.8 Å². The first kappa shape index (κ1) is 23.9. The summed E-state index contributed by atoms with van der Waals surface area (Å²) in [5, 5.41) is 0.913. The maximum absolute atomic E-state index is 13.1. The van der Waals surface area contributed by atoms with E-state index in [-0.39, 0.29) is 6.73 Å². The molecule has 7 nitrogen and oxygen atoms in total. The monoisotopic (exact) mass is 457 g/mol. The van der Waals surface area contributed by atoms with Crippen molar-refractivity contribution in [3.05, 3.63) is 54.0 Å². The van der Waals surface area contributed by atoms with Gasteiger partial charge in [-0.3, -0.25) is 0 Å². The van der Waals surface area contributed by atoms with Gasteiger partial charge in [-0.15, -0.1) is 0 Å². The second-order valence-corrected chi connectivity index (χ2v) is 15.9. The normalized spacial score (nSPS) is 15.1. The van der Waals surface area contributed by atoms with Gasteiger partial charge >= 0.3 is 6.09 Å². The summed E-state index contributed by atoms with van der Waals surface area (Å²) >= 11 is 0. The van der Waals surface area contributed by atoms with E-state index in [1.54, 1.807) is 10.6 Å². The fourth-order valence-corrected chi connectivity index (χ4v) is 4.01. The second-order valence-electron chi connectivity index (χ2n) is 10.3. The van der Waals surface area contributed by atoms with E-state index in [1.807, 2.05) is 62.2 Å². The molecule has 32 heavy (non-hydrogen) atoms. The van der Waals surface area contributed by atoms with E-state index < -0.39 is 19.8 Å². The van der Waals surface area contributed by atoms with Crippen LogP contribution in [0.25, 0.3) is 16.7 Å². The Morgan fingerprint density at radius 3 is 2.62 bits per heavy atom. The highest BCUT2D eigenvalue weighted by Gasteiger charge is 2.25. The Balaban J connectivity index is 1.81. The summed E-state index contributed by atoms with van der Waals surface area (Å²) in [5.41, 5.74) is 7.48. The fraction of sp³-hybridized carbons (Fsp3) is 0.458. The van der Waals surface area contributed by atoms with Crippen LogP contribution in [0, 0.1) is 0 Å². The molecule has 1 aromatic carbocycles. The molecule has 0 saturated heterocycles. The van der Waals surface area contributed by atoms with Gasteiger partial charge in [0.1, 0.15) is 18.1 Å². The molecular weight excluding hydrogens is 422 g/mol. The van der Waals surface area contributed by atoms with Crippen LogP contribution < -0.4 is 5.73 Å². The second kappa shape index (κ2) is 9.42. The van der Waals surface area contributed by atoms with Gasteiger partial charge in [-0.05, 0) is 38.9 Å². The summed E-state index contributed by atoms with van der Waals surface area (Å²) in [6.45, 7) is 13.9. The number of benzene rings is 1. The van der Waals surface area contributed by atoms with Crippen LogP contribution in [0.3, 0.4) is 0 Å².